The Labute approximate surface area is 181 Å². The molecule has 0 aliphatic rings. The van der Waals surface area contributed by atoms with Gasteiger partial charge in [0.05, 0.1) is 5.69 Å². The Morgan fingerprint density at radius 3 is 2.67 bits per heavy atom. The number of benzene rings is 2. The largest absolute Gasteiger partial charge is 0.370 e. The van der Waals surface area contributed by atoms with Gasteiger partial charge in [0, 0.05) is 35.8 Å². The first kappa shape index (κ1) is 21.6. The van der Waals surface area contributed by atoms with Gasteiger partial charge in [-0.05, 0) is 55.5 Å². The fourth-order valence-electron chi connectivity index (χ4n) is 3.30. The van der Waals surface area contributed by atoms with E-state index in [0.29, 0.717) is 10.8 Å². The molecule has 0 unspecified atom stereocenters. The second-order valence-corrected chi connectivity index (χ2v) is 7.68. The number of hydrogen-bond donors (Lipinski definition) is 3. The maximum atomic E-state index is 11.2. The molecule has 3 aromatic rings. The molecule has 2 aromatic carbocycles. The number of nitrogen functional groups attached to an aromatic ring is 1. The SMILES string of the molecule is CC(=O)Nc1ccc(CCCNc2cc(-c3cccc(Cl)c3C)nc(N)n2)cc1C. The summed E-state index contributed by atoms with van der Waals surface area (Å²) in [5, 5.41) is 6.86. The summed E-state index contributed by atoms with van der Waals surface area (Å²) in [7, 11) is 0. The third kappa shape index (κ3) is 5.48. The Morgan fingerprint density at radius 1 is 1.13 bits per heavy atom. The summed E-state index contributed by atoms with van der Waals surface area (Å²) >= 11 is 6.24. The van der Waals surface area contributed by atoms with E-state index in [9.17, 15) is 4.79 Å². The van der Waals surface area contributed by atoms with E-state index >= 15 is 0 Å². The summed E-state index contributed by atoms with van der Waals surface area (Å²) in [5.74, 6) is 0.846. The van der Waals surface area contributed by atoms with Crippen LogP contribution in [0.5, 0.6) is 0 Å². The molecule has 6 nitrogen and oxygen atoms in total. The highest BCUT2D eigenvalue weighted by Gasteiger charge is 2.09. The van der Waals surface area contributed by atoms with Gasteiger partial charge in [-0.1, -0.05) is 35.9 Å². The molecule has 4 N–H and O–H groups in total. The average Bonchev–Trinajstić information content (AvgIpc) is 2.68. The molecule has 0 saturated heterocycles. The molecule has 7 heteroatoms. The van der Waals surface area contributed by atoms with Crippen molar-refractivity contribution in [2.45, 2.75) is 33.6 Å². The molecule has 0 radical (unpaired) electrons. The molecule has 1 amide bonds. The van der Waals surface area contributed by atoms with Crippen molar-refractivity contribution in [1.29, 1.82) is 0 Å². The zero-order valence-corrected chi connectivity index (χ0v) is 18.2. The first-order chi connectivity index (χ1) is 14.3. The van der Waals surface area contributed by atoms with Crippen molar-refractivity contribution >= 4 is 35.0 Å². The van der Waals surface area contributed by atoms with E-state index in [1.807, 2.05) is 50.2 Å². The maximum absolute atomic E-state index is 11.2. The van der Waals surface area contributed by atoms with Crippen LogP contribution < -0.4 is 16.4 Å². The van der Waals surface area contributed by atoms with E-state index in [-0.39, 0.29) is 11.9 Å². The summed E-state index contributed by atoms with van der Waals surface area (Å²) in [6.07, 6.45) is 1.84. The van der Waals surface area contributed by atoms with Crippen LogP contribution in [0.3, 0.4) is 0 Å². The van der Waals surface area contributed by atoms with Gasteiger partial charge in [-0.3, -0.25) is 4.79 Å². The molecule has 0 spiro atoms. The molecule has 0 bridgehead atoms. The van der Waals surface area contributed by atoms with Crippen molar-refractivity contribution in [3.05, 3.63) is 64.2 Å². The predicted molar refractivity (Wildman–Crippen MR) is 124 cm³/mol. The van der Waals surface area contributed by atoms with Crippen LogP contribution in [0.15, 0.2) is 42.5 Å². The molecule has 1 heterocycles. The summed E-state index contributed by atoms with van der Waals surface area (Å²) in [5.41, 5.74) is 11.7. The molecule has 0 atom stereocenters. The highest BCUT2D eigenvalue weighted by Crippen LogP contribution is 2.28. The van der Waals surface area contributed by atoms with Crippen LogP contribution in [0.2, 0.25) is 5.02 Å². The topological polar surface area (TPSA) is 92.9 Å². The van der Waals surface area contributed by atoms with Gasteiger partial charge in [0.2, 0.25) is 11.9 Å². The number of nitrogens with two attached hydrogens (primary N) is 1. The van der Waals surface area contributed by atoms with E-state index in [4.69, 9.17) is 17.3 Å². The van der Waals surface area contributed by atoms with Gasteiger partial charge in [0.1, 0.15) is 5.82 Å². The van der Waals surface area contributed by atoms with Crippen LogP contribution >= 0.6 is 11.6 Å². The van der Waals surface area contributed by atoms with E-state index < -0.39 is 0 Å². The molecule has 0 fully saturated rings. The standard InChI is InChI=1S/C23H26ClN5O/c1-14-12-17(9-10-20(14)27-16(3)30)6-5-11-26-22-13-21(28-23(25)29-22)18-7-4-8-19(24)15(18)2/h4,7-10,12-13H,5-6,11H2,1-3H3,(H,27,30)(H3,25,26,28,29). The zero-order chi connectivity index (χ0) is 21.7. The van der Waals surface area contributed by atoms with Crippen LogP contribution in [-0.2, 0) is 11.2 Å². The van der Waals surface area contributed by atoms with Crippen molar-refractivity contribution < 1.29 is 4.79 Å². The third-order valence-corrected chi connectivity index (χ3v) is 5.25. The second kappa shape index (κ2) is 9.59. The quantitative estimate of drug-likeness (QED) is 0.465. The number of carbonyl (C=O) groups excluding carboxylic acids is 1. The first-order valence-electron chi connectivity index (χ1n) is 9.84. The number of aromatic nitrogens is 2. The highest BCUT2D eigenvalue weighted by molar-refractivity contribution is 6.31. The normalized spacial score (nSPS) is 10.7. The van der Waals surface area contributed by atoms with Gasteiger partial charge in [-0.15, -0.1) is 0 Å². The smallest absolute Gasteiger partial charge is 0.222 e. The Bertz CT molecular complexity index is 1070. The minimum absolute atomic E-state index is 0.0634. The number of nitrogens with one attached hydrogen (secondary N) is 2. The molecule has 3 rings (SSSR count). The molecule has 0 aliphatic heterocycles. The molecule has 0 aliphatic carbocycles. The van der Waals surface area contributed by atoms with Crippen molar-refractivity contribution in [3.63, 3.8) is 0 Å². The lowest BCUT2D eigenvalue weighted by molar-refractivity contribution is -0.114. The lowest BCUT2D eigenvalue weighted by Crippen LogP contribution is -2.08. The summed E-state index contributed by atoms with van der Waals surface area (Å²) < 4.78 is 0. The average molecular weight is 424 g/mol. The first-order valence-corrected chi connectivity index (χ1v) is 10.2. The maximum Gasteiger partial charge on any atom is 0.222 e. The van der Waals surface area contributed by atoms with Crippen molar-refractivity contribution in [3.8, 4) is 11.3 Å². The number of anilines is 3. The van der Waals surface area contributed by atoms with Gasteiger partial charge in [0.15, 0.2) is 0 Å². The number of halogens is 1. The van der Waals surface area contributed by atoms with Crippen molar-refractivity contribution in [2.24, 2.45) is 0 Å². The minimum atomic E-state index is -0.0634. The van der Waals surface area contributed by atoms with Crippen molar-refractivity contribution in [1.82, 2.24) is 9.97 Å². The number of aryl methyl sites for hydroxylation is 2. The fourth-order valence-corrected chi connectivity index (χ4v) is 3.47. The van der Waals surface area contributed by atoms with Crippen LogP contribution in [0.1, 0.15) is 30.0 Å². The summed E-state index contributed by atoms with van der Waals surface area (Å²) in [6.45, 7) is 6.22. The molecule has 0 saturated carbocycles. The monoisotopic (exact) mass is 423 g/mol. The summed E-state index contributed by atoms with van der Waals surface area (Å²) in [6, 6.07) is 13.7. The molecule has 30 heavy (non-hydrogen) atoms. The number of nitrogens with zero attached hydrogens (tertiary/aromatic N) is 2. The number of carbonyl (C=O) groups is 1. The predicted octanol–water partition coefficient (Wildman–Crippen LogP) is 5.00. The van der Waals surface area contributed by atoms with E-state index in [1.54, 1.807) is 0 Å². The van der Waals surface area contributed by atoms with E-state index in [2.05, 4.69) is 26.7 Å². The van der Waals surface area contributed by atoms with Gasteiger partial charge in [-0.25, -0.2) is 4.98 Å². The number of amides is 1. The van der Waals surface area contributed by atoms with Crippen LogP contribution in [0.25, 0.3) is 11.3 Å². The zero-order valence-electron chi connectivity index (χ0n) is 17.4. The number of rotatable bonds is 7. The van der Waals surface area contributed by atoms with Crippen LogP contribution in [-0.4, -0.2) is 22.4 Å². The molecule has 1 aromatic heterocycles. The summed E-state index contributed by atoms with van der Waals surface area (Å²) in [4.78, 5) is 19.9. The van der Waals surface area contributed by atoms with Crippen LogP contribution in [0.4, 0.5) is 17.5 Å². The van der Waals surface area contributed by atoms with Gasteiger partial charge >= 0.3 is 0 Å². The highest BCUT2D eigenvalue weighted by atomic mass is 35.5. The van der Waals surface area contributed by atoms with E-state index in [1.165, 1.54) is 12.5 Å². The van der Waals surface area contributed by atoms with Gasteiger partial charge < -0.3 is 16.4 Å². The molecular formula is C23H26ClN5O. The molecule has 156 valence electrons. The van der Waals surface area contributed by atoms with Crippen LogP contribution in [0, 0.1) is 13.8 Å². The second-order valence-electron chi connectivity index (χ2n) is 7.27. The van der Waals surface area contributed by atoms with Gasteiger partial charge in [0.25, 0.3) is 0 Å². The van der Waals surface area contributed by atoms with E-state index in [0.717, 1.165) is 47.5 Å². The third-order valence-electron chi connectivity index (χ3n) is 4.84. The van der Waals surface area contributed by atoms with Gasteiger partial charge in [-0.2, -0.15) is 4.98 Å². The Kier molecular flexibility index (Phi) is 6.90. The Hall–Kier alpha value is -3.12. The number of hydrogen-bond acceptors (Lipinski definition) is 5. The Balaban J connectivity index is 1.61. The Morgan fingerprint density at radius 2 is 1.93 bits per heavy atom. The molecular weight excluding hydrogens is 398 g/mol. The fraction of sp³-hybridized carbons (Fsp3) is 0.261. The lowest BCUT2D eigenvalue weighted by Gasteiger charge is -2.11. The van der Waals surface area contributed by atoms with Crippen molar-refractivity contribution in [2.75, 3.05) is 22.9 Å². The minimum Gasteiger partial charge on any atom is -0.370 e. The lowest BCUT2D eigenvalue weighted by atomic mass is 10.0.